The van der Waals surface area contributed by atoms with Gasteiger partial charge in [0.25, 0.3) is 0 Å². The number of aryl methyl sites for hydroxylation is 1. The molecule has 0 atom stereocenters. The standard InChI is InChI=1S/C15H16ClNS/c16-14-9-8-13(17)11-15(14)18-10-4-7-12-5-2-1-3-6-12/h1-3,5-6,8-9,11H,4,7,10,17H2. The lowest BCUT2D eigenvalue weighted by Gasteiger charge is -2.05. The molecule has 2 aromatic carbocycles. The SMILES string of the molecule is Nc1ccc(Cl)c(SCCCc2ccccc2)c1. The Morgan fingerprint density at radius 2 is 1.83 bits per heavy atom. The summed E-state index contributed by atoms with van der Waals surface area (Å²) in [5, 5.41) is 0.786. The molecule has 18 heavy (non-hydrogen) atoms. The molecular weight excluding hydrogens is 262 g/mol. The molecule has 0 spiro atoms. The average Bonchev–Trinajstić information content (AvgIpc) is 2.40. The highest BCUT2D eigenvalue weighted by Crippen LogP contribution is 2.29. The molecule has 2 N–H and O–H groups in total. The van der Waals surface area contributed by atoms with E-state index in [2.05, 4.69) is 24.3 Å². The summed E-state index contributed by atoms with van der Waals surface area (Å²) in [5.74, 6) is 1.05. The van der Waals surface area contributed by atoms with Crippen molar-refractivity contribution in [3.8, 4) is 0 Å². The van der Waals surface area contributed by atoms with Crippen LogP contribution in [0.1, 0.15) is 12.0 Å². The molecule has 0 saturated heterocycles. The molecule has 2 aromatic rings. The molecule has 0 heterocycles. The normalized spacial score (nSPS) is 10.5. The first-order valence-corrected chi connectivity index (χ1v) is 7.34. The van der Waals surface area contributed by atoms with Crippen LogP contribution in [0.5, 0.6) is 0 Å². The fourth-order valence-electron chi connectivity index (χ4n) is 1.73. The number of anilines is 1. The zero-order valence-electron chi connectivity index (χ0n) is 10.1. The molecule has 0 radical (unpaired) electrons. The van der Waals surface area contributed by atoms with Crippen molar-refractivity contribution in [2.24, 2.45) is 0 Å². The first kappa shape index (κ1) is 13.3. The van der Waals surface area contributed by atoms with Gasteiger partial charge in [-0.2, -0.15) is 0 Å². The zero-order valence-corrected chi connectivity index (χ0v) is 11.7. The van der Waals surface area contributed by atoms with Crippen molar-refractivity contribution in [1.29, 1.82) is 0 Å². The number of rotatable bonds is 5. The van der Waals surface area contributed by atoms with E-state index in [-0.39, 0.29) is 0 Å². The van der Waals surface area contributed by atoms with Crippen molar-refractivity contribution < 1.29 is 0 Å². The van der Waals surface area contributed by atoms with Crippen LogP contribution in [0.25, 0.3) is 0 Å². The van der Waals surface area contributed by atoms with Gasteiger partial charge in [0.1, 0.15) is 0 Å². The van der Waals surface area contributed by atoms with E-state index in [1.165, 1.54) is 5.56 Å². The van der Waals surface area contributed by atoms with Gasteiger partial charge in [0.05, 0.1) is 5.02 Å². The Balaban J connectivity index is 1.80. The Morgan fingerprint density at radius 1 is 1.06 bits per heavy atom. The Hall–Kier alpha value is -1.12. The van der Waals surface area contributed by atoms with E-state index in [0.29, 0.717) is 0 Å². The minimum Gasteiger partial charge on any atom is -0.399 e. The van der Waals surface area contributed by atoms with E-state index in [1.54, 1.807) is 11.8 Å². The van der Waals surface area contributed by atoms with Gasteiger partial charge >= 0.3 is 0 Å². The summed E-state index contributed by atoms with van der Waals surface area (Å²) in [6.45, 7) is 0. The summed E-state index contributed by atoms with van der Waals surface area (Å²) in [7, 11) is 0. The maximum Gasteiger partial charge on any atom is 0.0543 e. The third-order valence-electron chi connectivity index (χ3n) is 2.67. The molecule has 0 aliphatic carbocycles. The number of hydrogen-bond donors (Lipinski definition) is 1. The molecule has 0 bridgehead atoms. The number of halogens is 1. The predicted molar refractivity (Wildman–Crippen MR) is 81.4 cm³/mol. The summed E-state index contributed by atoms with van der Waals surface area (Å²) >= 11 is 7.88. The van der Waals surface area contributed by atoms with Crippen LogP contribution < -0.4 is 5.73 Å². The van der Waals surface area contributed by atoms with Crippen LogP contribution in [0.15, 0.2) is 53.4 Å². The lowest BCUT2D eigenvalue weighted by molar-refractivity contribution is 0.933. The van der Waals surface area contributed by atoms with Crippen molar-refractivity contribution in [3.63, 3.8) is 0 Å². The molecule has 0 aliphatic rings. The molecule has 94 valence electrons. The third kappa shape index (κ3) is 3.97. The fourth-order valence-corrected chi connectivity index (χ4v) is 2.95. The first-order chi connectivity index (χ1) is 8.75. The Morgan fingerprint density at radius 3 is 2.61 bits per heavy atom. The maximum atomic E-state index is 6.12. The molecule has 0 saturated carbocycles. The number of hydrogen-bond acceptors (Lipinski definition) is 2. The zero-order chi connectivity index (χ0) is 12.8. The van der Waals surface area contributed by atoms with Crippen molar-refractivity contribution in [2.45, 2.75) is 17.7 Å². The number of benzene rings is 2. The van der Waals surface area contributed by atoms with E-state index >= 15 is 0 Å². The van der Waals surface area contributed by atoms with Crippen LogP contribution in [-0.4, -0.2) is 5.75 Å². The van der Waals surface area contributed by atoms with Crippen LogP contribution in [-0.2, 0) is 6.42 Å². The third-order valence-corrected chi connectivity index (χ3v) is 4.25. The Bertz CT molecular complexity index is 499. The number of thioether (sulfide) groups is 1. The summed E-state index contributed by atoms with van der Waals surface area (Å²) < 4.78 is 0. The molecule has 0 unspecified atom stereocenters. The highest BCUT2D eigenvalue weighted by atomic mass is 35.5. The Labute approximate surface area is 117 Å². The lowest BCUT2D eigenvalue weighted by atomic mass is 10.1. The van der Waals surface area contributed by atoms with E-state index in [0.717, 1.165) is 34.2 Å². The van der Waals surface area contributed by atoms with Gasteiger partial charge in [-0.25, -0.2) is 0 Å². The average molecular weight is 278 g/mol. The quantitative estimate of drug-likeness (QED) is 0.489. The number of nitrogen functional groups attached to an aromatic ring is 1. The highest BCUT2D eigenvalue weighted by Gasteiger charge is 2.01. The van der Waals surface area contributed by atoms with Gasteiger partial charge in [-0.3, -0.25) is 0 Å². The van der Waals surface area contributed by atoms with Crippen LogP contribution in [0.3, 0.4) is 0 Å². The molecule has 1 nitrogen and oxygen atoms in total. The summed E-state index contributed by atoms with van der Waals surface area (Å²) in [6.07, 6.45) is 2.24. The first-order valence-electron chi connectivity index (χ1n) is 5.97. The van der Waals surface area contributed by atoms with Gasteiger partial charge < -0.3 is 5.73 Å². The van der Waals surface area contributed by atoms with Gasteiger partial charge in [0, 0.05) is 10.6 Å². The predicted octanol–water partition coefficient (Wildman–Crippen LogP) is 4.65. The second-order valence-corrected chi connectivity index (χ2v) is 5.67. The molecule has 0 amide bonds. The van der Waals surface area contributed by atoms with Crippen LogP contribution in [0.2, 0.25) is 5.02 Å². The van der Waals surface area contributed by atoms with E-state index in [9.17, 15) is 0 Å². The lowest BCUT2D eigenvalue weighted by Crippen LogP contribution is -1.89. The van der Waals surface area contributed by atoms with Crippen LogP contribution in [0.4, 0.5) is 5.69 Å². The van der Waals surface area contributed by atoms with E-state index < -0.39 is 0 Å². The molecule has 0 aromatic heterocycles. The summed E-state index contributed by atoms with van der Waals surface area (Å²) in [6, 6.07) is 16.2. The van der Waals surface area contributed by atoms with Crippen molar-refractivity contribution in [1.82, 2.24) is 0 Å². The van der Waals surface area contributed by atoms with Crippen molar-refractivity contribution in [3.05, 3.63) is 59.1 Å². The smallest absolute Gasteiger partial charge is 0.0543 e. The van der Waals surface area contributed by atoms with Crippen molar-refractivity contribution in [2.75, 3.05) is 11.5 Å². The summed E-state index contributed by atoms with van der Waals surface area (Å²) in [4.78, 5) is 1.07. The van der Waals surface area contributed by atoms with E-state index in [4.69, 9.17) is 17.3 Å². The van der Waals surface area contributed by atoms with Gasteiger partial charge in [-0.1, -0.05) is 41.9 Å². The highest BCUT2D eigenvalue weighted by molar-refractivity contribution is 7.99. The monoisotopic (exact) mass is 277 g/mol. The molecule has 2 rings (SSSR count). The minimum absolute atomic E-state index is 0.768. The van der Waals surface area contributed by atoms with E-state index in [1.807, 2.05) is 24.3 Å². The second-order valence-electron chi connectivity index (χ2n) is 4.13. The van der Waals surface area contributed by atoms with Gasteiger partial charge in [0.2, 0.25) is 0 Å². The van der Waals surface area contributed by atoms with Crippen LogP contribution >= 0.6 is 23.4 Å². The van der Waals surface area contributed by atoms with Gasteiger partial charge in [-0.15, -0.1) is 11.8 Å². The Kier molecular flexibility index (Phi) is 4.97. The topological polar surface area (TPSA) is 26.0 Å². The van der Waals surface area contributed by atoms with Gasteiger partial charge in [-0.05, 0) is 42.4 Å². The second kappa shape index (κ2) is 6.72. The molecule has 0 aliphatic heterocycles. The van der Waals surface area contributed by atoms with Crippen LogP contribution in [0, 0.1) is 0 Å². The molecule has 3 heteroatoms. The largest absolute Gasteiger partial charge is 0.399 e. The maximum absolute atomic E-state index is 6.12. The minimum atomic E-state index is 0.768. The summed E-state index contributed by atoms with van der Waals surface area (Å²) in [5.41, 5.74) is 7.91. The van der Waals surface area contributed by atoms with Gasteiger partial charge in [0.15, 0.2) is 0 Å². The molecular formula is C15H16ClNS. The fraction of sp³-hybridized carbons (Fsp3) is 0.200. The number of nitrogens with two attached hydrogens (primary N) is 1. The van der Waals surface area contributed by atoms with Crippen molar-refractivity contribution >= 4 is 29.1 Å². The molecule has 0 fully saturated rings.